The molecular weight excluding hydrogens is 294 g/mol. The van der Waals surface area contributed by atoms with E-state index in [-0.39, 0.29) is 11.8 Å². The summed E-state index contributed by atoms with van der Waals surface area (Å²) < 4.78 is 5.41. The number of nitrogens with one attached hydrogen (secondary N) is 2. The SMILES string of the molecule is Cc1ncccc1CCNC(=O)c1coc2c1C(=O)NCCC2. The highest BCUT2D eigenvalue weighted by Gasteiger charge is 2.26. The fourth-order valence-electron chi connectivity index (χ4n) is 2.72. The molecule has 0 saturated heterocycles. The first-order chi connectivity index (χ1) is 11.2. The summed E-state index contributed by atoms with van der Waals surface area (Å²) in [5.41, 5.74) is 2.73. The monoisotopic (exact) mass is 313 g/mol. The van der Waals surface area contributed by atoms with Gasteiger partial charge in [-0.2, -0.15) is 0 Å². The summed E-state index contributed by atoms with van der Waals surface area (Å²) in [7, 11) is 0. The van der Waals surface area contributed by atoms with Gasteiger partial charge in [-0.05, 0) is 31.4 Å². The molecule has 0 aromatic carbocycles. The van der Waals surface area contributed by atoms with E-state index in [2.05, 4.69) is 15.6 Å². The van der Waals surface area contributed by atoms with Crippen molar-refractivity contribution in [1.82, 2.24) is 15.6 Å². The summed E-state index contributed by atoms with van der Waals surface area (Å²) in [6.45, 7) is 3.02. The standard InChI is InChI=1S/C17H19N3O3/c1-11-12(4-2-7-18-11)6-9-20-16(21)13-10-23-14-5-3-8-19-17(22)15(13)14/h2,4,7,10H,3,5-6,8-9H2,1H3,(H,19,22)(H,20,21). The lowest BCUT2D eigenvalue weighted by atomic mass is 10.1. The van der Waals surface area contributed by atoms with Crippen LogP contribution in [0.2, 0.25) is 0 Å². The average Bonchev–Trinajstić information content (AvgIpc) is 2.89. The number of carbonyl (C=O) groups excluding carboxylic acids is 2. The maximum Gasteiger partial charge on any atom is 0.255 e. The minimum absolute atomic E-state index is 0.237. The van der Waals surface area contributed by atoms with E-state index >= 15 is 0 Å². The lowest BCUT2D eigenvalue weighted by Gasteiger charge is -2.07. The van der Waals surface area contributed by atoms with Crippen molar-refractivity contribution in [3.8, 4) is 0 Å². The Kier molecular flexibility index (Phi) is 4.41. The van der Waals surface area contributed by atoms with Crippen LogP contribution in [0, 0.1) is 6.92 Å². The van der Waals surface area contributed by atoms with Gasteiger partial charge in [-0.1, -0.05) is 6.07 Å². The van der Waals surface area contributed by atoms with Crippen LogP contribution in [0.25, 0.3) is 0 Å². The molecule has 6 nitrogen and oxygen atoms in total. The van der Waals surface area contributed by atoms with Gasteiger partial charge < -0.3 is 15.1 Å². The van der Waals surface area contributed by atoms with E-state index in [0.29, 0.717) is 42.8 Å². The number of rotatable bonds is 4. The number of nitrogens with zero attached hydrogens (tertiary/aromatic N) is 1. The van der Waals surface area contributed by atoms with E-state index in [1.165, 1.54) is 6.26 Å². The maximum atomic E-state index is 12.3. The highest BCUT2D eigenvalue weighted by Crippen LogP contribution is 2.21. The second kappa shape index (κ2) is 6.64. The first-order valence-electron chi connectivity index (χ1n) is 7.74. The second-order valence-corrected chi connectivity index (χ2v) is 5.56. The largest absolute Gasteiger partial charge is 0.468 e. The predicted molar refractivity (Wildman–Crippen MR) is 84.4 cm³/mol. The molecule has 6 heteroatoms. The highest BCUT2D eigenvalue weighted by molar-refractivity contribution is 6.07. The number of aromatic nitrogens is 1. The van der Waals surface area contributed by atoms with E-state index in [1.54, 1.807) is 6.20 Å². The molecule has 2 aromatic rings. The van der Waals surface area contributed by atoms with Crippen molar-refractivity contribution in [2.45, 2.75) is 26.2 Å². The van der Waals surface area contributed by atoms with Gasteiger partial charge in [0.25, 0.3) is 11.8 Å². The Labute approximate surface area is 134 Å². The highest BCUT2D eigenvalue weighted by atomic mass is 16.3. The van der Waals surface area contributed by atoms with E-state index in [9.17, 15) is 9.59 Å². The molecule has 0 spiro atoms. The molecule has 23 heavy (non-hydrogen) atoms. The van der Waals surface area contributed by atoms with Crippen LogP contribution >= 0.6 is 0 Å². The number of aryl methyl sites for hydroxylation is 2. The van der Waals surface area contributed by atoms with Gasteiger partial charge in [0.15, 0.2) is 0 Å². The van der Waals surface area contributed by atoms with Crippen LogP contribution < -0.4 is 10.6 Å². The van der Waals surface area contributed by atoms with Gasteiger partial charge in [-0.3, -0.25) is 14.6 Å². The molecule has 0 aliphatic carbocycles. The van der Waals surface area contributed by atoms with Crippen molar-refractivity contribution in [2.75, 3.05) is 13.1 Å². The van der Waals surface area contributed by atoms with E-state index in [0.717, 1.165) is 17.7 Å². The molecule has 0 radical (unpaired) electrons. The summed E-state index contributed by atoms with van der Waals surface area (Å²) in [5.74, 6) is 0.0707. The van der Waals surface area contributed by atoms with Crippen LogP contribution in [-0.4, -0.2) is 29.9 Å². The Morgan fingerprint density at radius 1 is 1.48 bits per heavy atom. The van der Waals surface area contributed by atoms with Crippen LogP contribution in [0.15, 0.2) is 29.0 Å². The average molecular weight is 313 g/mol. The molecule has 0 atom stereocenters. The van der Waals surface area contributed by atoms with Crippen molar-refractivity contribution in [3.05, 3.63) is 52.7 Å². The molecule has 3 heterocycles. The lowest BCUT2D eigenvalue weighted by Crippen LogP contribution is -2.29. The summed E-state index contributed by atoms with van der Waals surface area (Å²) in [5, 5.41) is 5.63. The Morgan fingerprint density at radius 3 is 3.17 bits per heavy atom. The van der Waals surface area contributed by atoms with E-state index < -0.39 is 0 Å². The van der Waals surface area contributed by atoms with Crippen molar-refractivity contribution in [1.29, 1.82) is 0 Å². The number of hydrogen-bond donors (Lipinski definition) is 2. The summed E-state index contributed by atoms with van der Waals surface area (Å²) in [4.78, 5) is 28.6. The van der Waals surface area contributed by atoms with Crippen molar-refractivity contribution >= 4 is 11.8 Å². The molecule has 1 aliphatic heterocycles. The first kappa shape index (κ1) is 15.3. The summed E-state index contributed by atoms with van der Waals surface area (Å²) in [6, 6.07) is 3.87. The zero-order valence-corrected chi connectivity index (χ0v) is 13.0. The van der Waals surface area contributed by atoms with Crippen molar-refractivity contribution in [3.63, 3.8) is 0 Å². The molecule has 0 bridgehead atoms. The molecule has 0 saturated carbocycles. The topological polar surface area (TPSA) is 84.2 Å². The Hall–Kier alpha value is -2.63. The van der Waals surface area contributed by atoms with Crippen molar-refractivity contribution in [2.24, 2.45) is 0 Å². The molecule has 0 fully saturated rings. The molecule has 0 unspecified atom stereocenters. The Bertz CT molecular complexity index is 736. The van der Waals surface area contributed by atoms with Crippen LogP contribution in [0.5, 0.6) is 0 Å². The van der Waals surface area contributed by atoms with Crippen LogP contribution in [-0.2, 0) is 12.8 Å². The second-order valence-electron chi connectivity index (χ2n) is 5.56. The third-order valence-corrected chi connectivity index (χ3v) is 4.00. The Balaban J connectivity index is 1.66. The minimum Gasteiger partial charge on any atom is -0.468 e. The van der Waals surface area contributed by atoms with Gasteiger partial charge >= 0.3 is 0 Å². The van der Waals surface area contributed by atoms with Gasteiger partial charge in [0.1, 0.15) is 12.0 Å². The number of pyridine rings is 1. The van der Waals surface area contributed by atoms with Gasteiger partial charge in [0, 0.05) is 31.4 Å². The van der Waals surface area contributed by atoms with Crippen LogP contribution in [0.1, 0.15) is 44.2 Å². The van der Waals surface area contributed by atoms with Gasteiger partial charge in [-0.15, -0.1) is 0 Å². The van der Waals surface area contributed by atoms with Crippen molar-refractivity contribution < 1.29 is 14.0 Å². The quantitative estimate of drug-likeness (QED) is 0.898. The number of furan rings is 1. The number of carbonyl (C=O) groups is 2. The molecule has 1 aliphatic rings. The molecule has 120 valence electrons. The molecule has 2 amide bonds. The minimum atomic E-state index is -0.284. The fourth-order valence-corrected chi connectivity index (χ4v) is 2.72. The van der Waals surface area contributed by atoms with Crippen LogP contribution in [0.3, 0.4) is 0 Å². The summed E-state index contributed by atoms with van der Waals surface area (Å²) >= 11 is 0. The third kappa shape index (κ3) is 3.26. The number of amides is 2. The van der Waals surface area contributed by atoms with Gasteiger partial charge in [0.05, 0.1) is 11.1 Å². The Morgan fingerprint density at radius 2 is 2.35 bits per heavy atom. The van der Waals surface area contributed by atoms with Crippen LogP contribution in [0.4, 0.5) is 0 Å². The normalized spacial score (nSPS) is 13.9. The van der Waals surface area contributed by atoms with E-state index in [4.69, 9.17) is 4.42 Å². The smallest absolute Gasteiger partial charge is 0.255 e. The first-order valence-corrected chi connectivity index (χ1v) is 7.74. The zero-order chi connectivity index (χ0) is 16.2. The summed E-state index contributed by atoms with van der Waals surface area (Å²) in [6.07, 6.45) is 5.29. The molecule has 2 N–H and O–H groups in total. The zero-order valence-electron chi connectivity index (χ0n) is 13.0. The lowest BCUT2D eigenvalue weighted by molar-refractivity contribution is 0.0922. The van der Waals surface area contributed by atoms with Gasteiger partial charge in [-0.25, -0.2) is 0 Å². The number of hydrogen-bond acceptors (Lipinski definition) is 4. The van der Waals surface area contributed by atoms with Gasteiger partial charge in [0.2, 0.25) is 0 Å². The maximum absolute atomic E-state index is 12.3. The van der Waals surface area contributed by atoms with E-state index in [1.807, 2.05) is 19.1 Å². The predicted octanol–water partition coefficient (Wildman–Crippen LogP) is 1.63. The molecule has 2 aromatic heterocycles. The molecular formula is C17H19N3O3. The molecule has 3 rings (SSSR count). The number of fused-ring (bicyclic) bond motifs is 1. The third-order valence-electron chi connectivity index (χ3n) is 4.00. The fraction of sp³-hybridized carbons (Fsp3) is 0.353.